The molecule has 146 valence electrons. The number of methoxy groups -OCH3 is 1. The van der Waals surface area contributed by atoms with Gasteiger partial charge in [-0.2, -0.15) is 0 Å². The molecule has 3 aromatic rings. The monoisotopic (exact) mass is 449 g/mol. The van der Waals surface area contributed by atoms with Crippen molar-refractivity contribution in [3.63, 3.8) is 0 Å². The van der Waals surface area contributed by atoms with Gasteiger partial charge in [0.15, 0.2) is 5.76 Å². The van der Waals surface area contributed by atoms with Gasteiger partial charge in [0.2, 0.25) is 0 Å². The number of benzene rings is 3. The van der Waals surface area contributed by atoms with Crippen LogP contribution in [0.15, 0.2) is 89.1 Å². The summed E-state index contributed by atoms with van der Waals surface area (Å²) in [4.78, 5) is 14.8. The van der Waals surface area contributed by atoms with Crippen molar-refractivity contribution in [2.75, 3.05) is 7.11 Å². The first kappa shape index (κ1) is 19.3. The van der Waals surface area contributed by atoms with E-state index in [0.29, 0.717) is 12.1 Å². The number of carbonyl (C=O) groups is 1. The molecular weight excluding hydrogens is 430 g/mol. The van der Waals surface area contributed by atoms with E-state index in [1.165, 1.54) is 0 Å². The van der Waals surface area contributed by atoms with E-state index in [1.807, 2.05) is 78.9 Å². The number of nitrogens with zero attached hydrogens (tertiary/aromatic N) is 1. The maximum Gasteiger partial charge on any atom is 0.290 e. The first-order valence-electron chi connectivity index (χ1n) is 9.26. The summed E-state index contributed by atoms with van der Waals surface area (Å²) in [6.07, 6.45) is 0. The van der Waals surface area contributed by atoms with Gasteiger partial charge in [0.1, 0.15) is 5.75 Å². The Kier molecular flexibility index (Phi) is 5.41. The summed E-state index contributed by atoms with van der Waals surface area (Å²) in [6, 6.07) is 24.6. The fraction of sp³-hybridized carbons (Fsp3) is 0.125. The predicted molar refractivity (Wildman–Crippen MR) is 116 cm³/mol. The first-order valence-corrected chi connectivity index (χ1v) is 10.1. The number of aliphatic hydroxyl groups excluding tert-OH is 1. The van der Waals surface area contributed by atoms with Crippen molar-refractivity contribution in [1.29, 1.82) is 0 Å². The minimum Gasteiger partial charge on any atom is -0.503 e. The third kappa shape index (κ3) is 3.78. The zero-order chi connectivity index (χ0) is 20.4. The van der Waals surface area contributed by atoms with Crippen LogP contribution >= 0.6 is 15.9 Å². The Morgan fingerprint density at radius 1 is 1.00 bits per heavy atom. The van der Waals surface area contributed by atoms with E-state index in [4.69, 9.17) is 4.74 Å². The fourth-order valence-electron chi connectivity index (χ4n) is 3.72. The van der Waals surface area contributed by atoms with Gasteiger partial charge >= 0.3 is 0 Å². The van der Waals surface area contributed by atoms with Crippen LogP contribution in [0.5, 0.6) is 5.75 Å². The summed E-state index contributed by atoms with van der Waals surface area (Å²) in [5, 5.41) is 10.8. The van der Waals surface area contributed by atoms with Crippen LogP contribution in [0.1, 0.15) is 22.7 Å². The van der Waals surface area contributed by atoms with Crippen LogP contribution in [0.25, 0.3) is 5.57 Å². The van der Waals surface area contributed by atoms with Gasteiger partial charge in [-0.15, -0.1) is 0 Å². The van der Waals surface area contributed by atoms with E-state index in [1.54, 1.807) is 12.0 Å². The summed E-state index contributed by atoms with van der Waals surface area (Å²) >= 11 is 3.52. The van der Waals surface area contributed by atoms with Crippen molar-refractivity contribution in [3.05, 3.63) is 106 Å². The Labute approximate surface area is 178 Å². The average molecular weight is 450 g/mol. The summed E-state index contributed by atoms with van der Waals surface area (Å²) in [6.45, 7) is 0.355. The van der Waals surface area contributed by atoms with Crippen LogP contribution in [0, 0.1) is 0 Å². The molecule has 3 aromatic carbocycles. The van der Waals surface area contributed by atoms with Gasteiger partial charge in [0.05, 0.1) is 13.2 Å². The number of aliphatic hydroxyl groups is 1. The average Bonchev–Trinajstić information content (AvgIpc) is 2.99. The number of hydrogen-bond donors (Lipinski definition) is 1. The second-order valence-electron chi connectivity index (χ2n) is 6.87. The summed E-state index contributed by atoms with van der Waals surface area (Å²) in [5.41, 5.74) is 3.31. The highest BCUT2D eigenvalue weighted by Crippen LogP contribution is 2.44. The SMILES string of the molecule is COc1cccc(CN2C(=O)C(O)=C(c3ccccc3)[C@H]2c2cccc(Br)c2)c1. The zero-order valence-corrected chi connectivity index (χ0v) is 17.5. The lowest BCUT2D eigenvalue weighted by Gasteiger charge is -2.28. The minimum atomic E-state index is -0.395. The van der Waals surface area contributed by atoms with E-state index in [0.717, 1.165) is 26.9 Å². The van der Waals surface area contributed by atoms with Gasteiger partial charge in [-0.05, 0) is 41.0 Å². The highest BCUT2D eigenvalue weighted by molar-refractivity contribution is 9.10. The van der Waals surface area contributed by atoms with Gasteiger partial charge in [-0.3, -0.25) is 4.79 Å². The van der Waals surface area contributed by atoms with Crippen molar-refractivity contribution in [2.45, 2.75) is 12.6 Å². The van der Waals surface area contributed by atoms with Gasteiger partial charge in [-0.1, -0.05) is 70.5 Å². The maximum atomic E-state index is 13.1. The molecule has 1 atom stereocenters. The van der Waals surface area contributed by atoms with Crippen molar-refractivity contribution in [3.8, 4) is 5.75 Å². The maximum absolute atomic E-state index is 13.1. The topological polar surface area (TPSA) is 49.8 Å². The number of ether oxygens (including phenoxy) is 1. The fourth-order valence-corrected chi connectivity index (χ4v) is 4.14. The van der Waals surface area contributed by atoms with Crippen LogP contribution in [0.3, 0.4) is 0 Å². The third-order valence-corrected chi connectivity index (χ3v) is 5.53. The molecule has 0 saturated carbocycles. The highest BCUT2D eigenvalue weighted by atomic mass is 79.9. The molecule has 4 rings (SSSR count). The number of hydrogen-bond acceptors (Lipinski definition) is 3. The van der Waals surface area contributed by atoms with Crippen LogP contribution in [-0.4, -0.2) is 23.0 Å². The lowest BCUT2D eigenvalue weighted by molar-refractivity contribution is -0.130. The standard InChI is InChI=1S/C24H20BrNO3/c1-29-20-12-5-7-16(13-20)15-26-22(18-10-6-11-19(25)14-18)21(23(27)24(26)28)17-8-3-2-4-9-17/h2-14,22,27H,15H2,1H3/t22-/m1/s1. The molecule has 1 N–H and O–H groups in total. The molecule has 0 saturated heterocycles. The van der Waals surface area contributed by atoms with E-state index in [-0.39, 0.29) is 11.7 Å². The molecule has 0 aliphatic carbocycles. The Morgan fingerprint density at radius 3 is 2.48 bits per heavy atom. The molecule has 0 spiro atoms. The van der Waals surface area contributed by atoms with Crippen molar-refractivity contribution in [2.24, 2.45) is 0 Å². The normalized spacial score (nSPS) is 16.4. The largest absolute Gasteiger partial charge is 0.503 e. The highest BCUT2D eigenvalue weighted by Gasteiger charge is 2.41. The van der Waals surface area contributed by atoms with Crippen molar-refractivity contribution in [1.82, 2.24) is 4.90 Å². The zero-order valence-electron chi connectivity index (χ0n) is 15.9. The molecule has 29 heavy (non-hydrogen) atoms. The number of rotatable bonds is 5. The van der Waals surface area contributed by atoms with E-state index in [9.17, 15) is 9.90 Å². The van der Waals surface area contributed by atoms with Crippen LogP contribution in [-0.2, 0) is 11.3 Å². The van der Waals surface area contributed by atoms with Crippen LogP contribution < -0.4 is 4.74 Å². The molecule has 0 bridgehead atoms. The molecule has 1 aliphatic rings. The molecule has 5 heteroatoms. The Hall–Kier alpha value is -3.05. The molecule has 1 heterocycles. The second-order valence-corrected chi connectivity index (χ2v) is 7.79. The lowest BCUT2D eigenvalue weighted by atomic mass is 9.93. The Morgan fingerprint density at radius 2 is 1.76 bits per heavy atom. The molecule has 4 nitrogen and oxygen atoms in total. The van der Waals surface area contributed by atoms with Gasteiger partial charge < -0.3 is 14.7 Å². The minimum absolute atomic E-state index is 0.205. The summed E-state index contributed by atoms with van der Waals surface area (Å²) in [5.74, 6) is 0.148. The summed E-state index contributed by atoms with van der Waals surface area (Å²) < 4.78 is 6.23. The molecular formula is C24H20BrNO3. The quantitative estimate of drug-likeness (QED) is 0.558. The molecule has 1 aliphatic heterocycles. The van der Waals surface area contributed by atoms with E-state index >= 15 is 0 Å². The molecule has 0 fully saturated rings. The third-order valence-electron chi connectivity index (χ3n) is 5.04. The van der Waals surface area contributed by atoms with E-state index in [2.05, 4.69) is 15.9 Å². The smallest absolute Gasteiger partial charge is 0.290 e. The molecule has 0 aromatic heterocycles. The van der Waals surface area contributed by atoms with Crippen LogP contribution in [0.4, 0.5) is 0 Å². The van der Waals surface area contributed by atoms with E-state index < -0.39 is 6.04 Å². The first-order chi connectivity index (χ1) is 14.1. The van der Waals surface area contributed by atoms with Crippen molar-refractivity contribution < 1.29 is 14.6 Å². The van der Waals surface area contributed by atoms with Gasteiger partial charge in [0.25, 0.3) is 5.91 Å². The molecule has 0 radical (unpaired) electrons. The van der Waals surface area contributed by atoms with Gasteiger partial charge in [-0.25, -0.2) is 0 Å². The van der Waals surface area contributed by atoms with Crippen LogP contribution in [0.2, 0.25) is 0 Å². The number of carbonyl (C=O) groups excluding carboxylic acids is 1. The Balaban J connectivity index is 1.81. The Bertz CT molecular complexity index is 1080. The molecule has 1 amide bonds. The molecule has 0 unspecified atom stereocenters. The lowest BCUT2D eigenvalue weighted by Crippen LogP contribution is -2.29. The predicted octanol–water partition coefficient (Wildman–Crippen LogP) is 5.51. The second kappa shape index (κ2) is 8.13. The number of amides is 1. The summed E-state index contributed by atoms with van der Waals surface area (Å²) in [7, 11) is 1.62. The van der Waals surface area contributed by atoms with Crippen molar-refractivity contribution >= 4 is 27.4 Å². The van der Waals surface area contributed by atoms with Gasteiger partial charge in [0, 0.05) is 16.6 Å². The number of halogens is 1.